The smallest absolute Gasteiger partial charge is 0.273 e. The van der Waals surface area contributed by atoms with Crippen LogP contribution in [0.25, 0.3) is 5.69 Å². The highest BCUT2D eigenvalue weighted by molar-refractivity contribution is 6.08. The van der Waals surface area contributed by atoms with E-state index in [2.05, 4.69) is 68.4 Å². The summed E-state index contributed by atoms with van der Waals surface area (Å²) >= 11 is 0. The Bertz CT molecular complexity index is 1490. The van der Waals surface area contributed by atoms with Gasteiger partial charge in [-0.3, -0.25) is 14.5 Å². The molecular formula is C32H46N10O4. The number of amides is 2. The Morgan fingerprint density at radius 2 is 1.80 bits per heavy atom. The van der Waals surface area contributed by atoms with Crippen molar-refractivity contribution in [2.75, 3.05) is 95.2 Å². The number of nitrogens with zero attached hydrogens (tertiary/aromatic N) is 7. The maximum Gasteiger partial charge on any atom is 0.273 e. The Labute approximate surface area is 270 Å². The molecule has 0 atom stereocenters. The van der Waals surface area contributed by atoms with Gasteiger partial charge in [-0.25, -0.2) is 9.67 Å². The number of carbonyl (C=O) groups is 2. The molecule has 2 fully saturated rings. The molecule has 0 spiro atoms. The summed E-state index contributed by atoms with van der Waals surface area (Å²) in [5.74, 6) is -0.0214. The van der Waals surface area contributed by atoms with E-state index in [9.17, 15) is 9.59 Å². The first-order valence-corrected chi connectivity index (χ1v) is 15.8. The number of morpholine rings is 1. The van der Waals surface area contributed by atoms with Crippen molar-refractivity contribution >= 4 is 29.0 Å². The number of nitrogens with one attached hydrogen (secondary N) is 2. The summed E-state index contributed by atoms with van der Waals surface area (Å²) in [5, 5.41) is 14.4. The molecule has 14 nitrogen and oxygen atoms in total. The number of hydrogen-bond donors (Lipinski definition) is 3. The Balaban J connectivity index is 1.33. The number of nitrogens with two attached hydrogens (primary N) is 1. The van der Waals surface area contributed by atoms with Gasteiger partial charge in [0.2, 0.25) is 0 Å². The second kappa shape index (κ2) is 14.9. The van der Waals surface area contributed by atoms with Gasteiger partial charge in [0.05, 0.1) is 43.1 Å². The van der Waals surface area contributed by atoms with Crippen molar-refractivity contribution in [1.82, 2.24) is 35.1 Å². The third-order valence-corrected chi connectivity index (χ3v) is 7.90. The average Bonchev–Trinajstić information content (AvgIpc) is 3.53. The number of likely N-dealkylation sites (N-methyl/N-ethyl adjacent to an activating group) is 1. The highest BCUT2D eigenvalue weighted by atomic mass is 16.5. The molecular weight excluding hydrogens is 588 g/mol. The van der Waals surface area contributed by atoms with Crippen molar-refractivity contribution < 1.29 is 19.1 Å². The summed E-state index contributed by atoms with van der Waals surface area (Å²) in [5.41, 5.74) is 8.43. The van der Waals surface area contributed by atoms with E-state index in [1.165, 1.54) is 10.9 Å². The summed E-state index contributed by atoms with van der Waals surface area (Å²) in [6.45, 7) is 14.8. The van der Waals surface area contributed by atoms with Crippen molar-refractivity contribution in [2.45, 2.75) is 27.2 Å². The number of anilines is 3. The van der Waals surface area contributed by atoms with E-state index in [1.54, 1.807) is 12.3 Å². The monoisotopic (exact) mass is 634 g/mol. The van der Waals surface area contributed by atoms with Crippen molar-refractivity contribution in [1.29, 1.82) is 0 Å². The fourth-order valence-electron chi connectivity index (χ4n) is 5.23. The van der Waals surface area contributed by atoms with Crippen LogP contribution in [0.5, 0.6) is 5.75 Å². The molecule has 3 aromatic rings. The van der Waals surface area contributed by atoms with Gasteiger partial charge < -0.3 is 35.6 Å². The largest absolute Gasteiger partial charge is 0.492 e. The van der Waals surface area contributed by atoms with Crippen LogP contribution in [-0.4, -0.2) is 121 Å². The predicted octanol–water partition coefficient (Wildman–Crippen LogP) is 2.13. The van der Waals surface area contributed by atoms with Crippen LogP contribution in [0.3, 0.4) is 0 Å². The minimum absolute atomic E-state index is 0.120. The predicted molar refractivity (Wildman–Crippen MR) is 177 cm³/mol. The maximum atomic E-state index is 13.7. The lowest BCUT2D eigenvalue weighted by Crippen LogP contribution is -2.44. The lowest BCUT2D eigenvalue weighted by atomic mass is 9.99. The minimum atomic E-state index is -0.375. The van der Waals surface area contributed by atoms with Crippen molar-refractivity contribution in [3.63, 3.8) is 0 Å². The lowest BCUT2D eigenvalue weighted by Gasteiger charge is -2.35. The lowest BCUT2D eigenvalue weighted by molar-refractivity contribution is 0.0374. The quantitative estimate of drug-likeness (QED) is 0.266. The number of ether oxygens (including phenoxy) is 2. The molecule has 0 saturated carbocycles. The molecule has 2 aliphatic heterocycles. The second-order valence-corrected chi connectivity index (χ2v) is 13.0. The molecule has 248 valence electrons. The van der Waals surface area contributed by atoms with Crippen molar-refractivity contribution in [2.24, 2.45) is 5.41 Å². The Morgan fingerprint density at radius 3 is 2.54 bits per heavy atom. The van der Waals surface area contributed by atoms with Crippen LogP contribution in [0.4, 0.5) is 17.2 Å². The molecule has 2 aliphatic rings. The van der Waals surface area contributed by atoms with Gasteiger partial charge in [0, 0.05) is 58.1 Å². The van der Waals surface area contributed by atoms with Crippen LogP contribution in [0.1, 0.15) is 48.0 Å². The molecule has 2 saturated heterocycles. The van der Waals surface area contributed by atoms with Gasteiger partial charge in [-0.05, 0) is 43.6 Å². The zero-order valence-corrected chi connectivity index (χ0v) is 27.3. The first kappa shape index (κ1) is 33.1. The van der Waals surface area contributed by atoms with Crippen LogP contribution in [0, 0.1) is 5.41 Å². The third-order valence-electron chi connectivity index (χ3n) is 7.90. The zero-order valence-electron chi connectivity index (χ0n) is 27.3. The van der Waals surface area contributed by atoms with Gasteiger partial charge in [0.1, 0.15) is 17.1 Å². The zero-order chi connectivity index (χ0) is 32.7. The van der Waals surface area contributed by atoms with Crippen LogP contribution in [-0.2, 0) is 4.74 Å². The maximum absolute atomic E-state index is 13.7. The number of nitrogen functional groups attached to an aromatic ring is 1. The van der Waals surface area contributed by atoms with Gasteiger partial charge in [0.15, 0.2) is 5.69 Å². The van der Waals surface area contributed by atoms with Gasteiger partial charge >= 0.3 is 0 Å². The van der Waals surface area contributed by atoms with Gasteiger partial charge in [0.25, 0.3) is 11.8 Å². The summed E-state index contributed by atoms with van der Waals surface area (Å²) in [4.78, 5) is 37.5. The highest BCUT2D eigenvalue weighted by Crippen LogP contribution is 2.31. The molecule has 4 heterocycles. The van der Waals surface area contributed by atoms with E-state index in [1.807, 2.05) is 18.2 Å². The summed E-state index contributed by atoms with van der Waals surface area (Å²) in [6, 6.07) is 7.28. The van der Waals surface area contributed by atoms with Crippen molar-refractivity contribution in [3.05, 3.63) is 47.9 Å². The van der Waals surface area contributed by atoms with Crippen LogP contribution < -0.4 is 26.0 Å². The number of carbonyl (C=O) groups excluding carboxylic acids is 2. The van der Waals surface area contributed by atoms with Gasteiger partial charge in [-0.2, -0.15) is 0 Å². The van der Waals surface area contributed by atoms with Gasteiger partial charge in [-0.1, -0.05) is 26.0 Å². The molecule has 0 radical (unpaired) electrons. The van der Waals surface area contributed by atoms with E-state index in [-0.39, 0.29) is 34.3 Å². The van der Waals surface area contributed by atoms with Crippen LogP contribution >= 0.6 is 0 Å². The van der Waals surface area contributed by atoms with E-state index >= 15 is 0 Å². The van der Waals surface area contributed by atoms with E-state index in [0.717, 1.165) is 71.1 Å². The number of benzene rings is 1. The molecule has 0 unspecified atom stereocenters. The van der Waals surface area contributed by atoms with Crippen LogP contribution in [0.2, 0.25) is 0 Å². The van der Waals surface area contributed by atoms with Crippen LogP contribution in [0.15, 0.2) is 36.7 Å². The van der Waals surface area contributed by atoms with E-state index in [4.69, 9.17) is 15.2 Å². The number of aromatic nitrogens is 4. The van der Waals surface area contributed by atoms with E-state index < -0.39 is 0 Å². The molecule has 14 heteroatoms. The SMILES string of the molecule is CN1CCN(c2ccc(-n3cc(C(=O)NCCCN4CCOCC4)nn3)cc2NC(=O)c2cnc(N)cc2OCC(C)(C)C)CC1. The Kier molecular flexibility index (Phi) is 10.7. The standard InChI is InChI=1S/C32H46N10O4/c1-32(2,3)22-46-28-19-29(33)35-20-24(28)30(43)36-25-18-23(6-7-27(25)41-12-10-39(4)11-13-41)42-21-26(37-38-42)31(44)34-8-5-9-40-14-16-45-17-15-40/h6-7,18-21H,5,8-17,22H2,1-4H3,(H2,33,35)(H,34,44)(H,36,43). The topological polar surface area (TPSA) is 156 Å². The molecule has 0 bridgehead atoms. The molecule has 2 aromatic heterocycles. The molecule has 4 N–H and O–H groups in total. The molecule has 46 heavy (non-hydrogen) atoms. The molecule has 2 amide bonds. The summed E-state index contributed by atoms with van der Waals surface area (Å²) < 4.78 is 12.9. The number of pyridine rings is 1. The Morgan fingerprint density at radius 1 is 1.04 bits per heavy atom. The first-order valence-electron chi connectivity index (χ1n) is 15.8. The Hall–Kier alpha value is -4.27. The highest BCUT2D eigenvalue weighted by Gasteiger charge is 2.23. The second-order valence-electron chi connectivity index (χ2n) is 13.0. The summed E-state index contributed by atoms with van der Waals surface area (Å²) in [6.07, 6.45) is 3.87. The number of hydrogen-bond acceptors (Lipinski definition) is 11. The molecule has 1 aromatic carbocycles. The minimum Gasteiger partial charge on any atom is -0.492 e. The fraction of sp³-hybridized carbons (Fsp3) is 0.531. The summed E-state index contributed by atoms with van der Waals surface area (Å²) in [7, 11) is 2.10. The third kappa shape index (κ3) is 8.92. The fourth-order valence-corrected chi connectivity index (χ4v) is 5.23. The number of piperazine rings is 1. The first-order chi connectivity index (χ1) is 22.1. The molecule has 0 aliphatic carbocycles. The average molecular weight is 635 g/mol. The normalized spacial score (nSPS) is 16.3. The molecule has 5 rings (SSSR count). The van der Waals surface area contributed by atoms with Gasteiger partial charge in [-0.15, -0.1) is 5.10 Å². The van der Waals surface area contributed by atoms with Crippen molar-refractivity contribution in [3.8, 4) is 11.4 Å². The number of rotatable bonds is 11. The van der Waals surface area contributed by atoms with E-state index in [0.29, 0.717) is 30.3 Å².